The van der Waals surface area contributed by atoms with Crippen LogP contribution in [0.25, 0.3) is 0 Å². The quantitative estimate of drug-likeness (QED) is 0.883. The molecule has 2 aromatic rings. The van der Waals surface area contributed by atoms with E-state index in [9.17, 15) is 18.0 Å². The number of methoxy groups -OCH3 is 1. The molecule has 1 heterocycles. The number of ether oxygens (including phenoxy) is 1. The summed E-state index contributed by atoms with van der Waals surface area (Å²) in [5.41, 5.74) is 5.31. The minimum atomic E-state index is -4.41. The average molecular weight is 299 g/mol. The lowest BCUT2D eigenvalue weighted by atomic mass is 10.1. The molecule has 2 rings (SSSR count). The number of carbonyl (C=O) groups excluding carboxylic acids is 1. The van der Waals surface area contributed by atoms with Crippen LogP contribution >= 0.6 is 0 Å². The Bertz CT molecular complexity index is 665. The van der Waals surface area contributed by atoms with E-state index in [4.69, 9.17) is 5.73 Å². The standard InChI is InChI=1S/C13H12F3N3O2/c1-21-12(20)10-11(17)19(7-18-10)6-8-3-2-4-9(5-8)13(14,15)16/h2-5,7H,6,17H2,1H3. The summed E-state index contributed by atoms with van der Waals surface area (Å²) in [6.45, 7) is 0.0692. The molecule has 112 valence electrons. The molecule has 0 aliphatic carbocycles. The molecule has 0 spiro atoms. The number of halogens is 3. The number of nitrogen functional groups attached to an aromatic ring is 1. The lowest BCUT2D eigenvalue weighted by Crippen LogP contribution is -2.10. The third kappa shape index (κ3) is 3.15. The van der Waals surface area contributed by atoms with Gasteiger partial charge in [-0.2, -0.15) is 13.2 Å². The van der Waals surface area contributed by atoms with E-state index in [1.54, 1.807) is 0 Å². The number of hydrogen-bond acceptors (Lipinski definition) is 4. The number of esters is 1. The minimum absolute atomic E-state index is 0.0410. The van der Waals surface area contributed by atoms with E-state index in [1.807, 2.05) is 0 Å². The summed E-state index contributed by atoms with van der Waals surface area (Å²) >= 11 is 0. The Labute approximate surface area is 118 Å². The maximum atomic E-state index is 12.6. The van der Waals surface area contributed by atoms with Crippen LogP contribution in [0.4, 0.5) is 19.0 Å². The fourth-order valence-electron chi connectivity index (χ4n) is 1.81. The van der Waals surface area contributed by atoms with E-state index in [0.29, 0.717) is 5.56 Å². The Hall–Kier alpha value is -2.51. The molecule has 0 fully saturated rings. The van der Waals surface area contributed by atoms with Crippen LogP contribution in [0.3, 0.4) is 0 Å². The van der Waals surface area contributed by atoms with Crippen molar-refractivity contribution in [2.45, 2.75) is 12.7 Å². The van der Waals surface area contributed by atoms with Gasteiger partial charge in [0, 0.05) is 0 Å². The van der Waals surface area contributed by atoms with Crippen molar-refractivity contribution in [2.75, 3.05) is 12.8 Å². The number of alkyl halides is 3. The van der Waals surface area contributed by atoms with Crippen LogP contribution in [0.15, 0.2) is 30.6 Å². The van der Waals surface area contributed by atoms with E-state index in [0.717, 1.165) is 12.1 Å². The molecule has 5 nitrogen and oxygen atoms in total. The summed E-state index contributed by atoms with van der Waals surface area (Å²) in [4.78, 5) is 15.2. The second kappa shape index (κ2) is 5.47. The molecule has 0 saturated carbocycles. The molecule has 2 N–H and O–H groups in total. The molecule has 1 aromatic carbocycles. The molecule has 0 unspecified atom stereocenters. The first-order valence-corrected chi connectivity index (χ1v) is 5.88. The van der Waals surface area contributed by atoms with E-state index in [1.165, 1.54) is 30.1 Å². The van der Waals surface area contributed by atoms with E-state index < -0.39 is 17.7 Å². The Morgan fingerprint density at radius 1 is 1.43 bits per heavy atom. The molecule has 0 amide bonds. The lowest BCUT2D eigenvalue weighted by molar-refractivity contribution is -0.137. The zero-order valence-electron chi connectivity index (χ0n) is 11.0. The van der Waals surface area contributed by atoms with Gasteiger partial charge in [0.25, 0.3) is 0 Å². The predicted octanol–water partition coefficient (Wildman–Crippen LogP) is 2.32. The summed E-state index contributed by atoms with van der Waals surface area (Å²) in [6, 6.07) is 4.86. The summed E-state index contributed by atoms with van der Waals surface area (Å²) in [7, 11) is 1.19. The van der Waals surface area contributed by atoms with Crippen molar-refractivity contribution in [3.05, 3.63) is 47.4 Å². The number of carbonyl (C=O) groups is 1. The van der Waals surface area contributed by atoms with Gasteiger partial charge in [0.1, 0.15) is 5.82 Å². The predicted molar refractivity (Wildman–Crippen MR) is 68.5 cm³/mol. The summed E-state index contributed by atoms with van der Waals surface area (Å²) < 4.78 is 43.8. The minimum Gasteiger partial charge on any atom is -0.464 e. The molecule has 0 saturated heterocycles. The van der Waals surface area contributed by atoms with Crippen LogP contribution in [0.1, 0.15) is 21.6 Å². The van der Waals surface area contributed by atoms with Gasteiger partial charge in [-0.1, -0.05) is 12.1 Å². The fraction of sp³-hybridized carbons (Fsp3) is 0.231. The largest absolute Gasteiger partial charge is 0.464 e. The Morgan fingerprint density at radius 2 is 2.14 bits per heavy atom. The summed E-state index contributed by atoms with van der Waals surface area (Å²) in [5.74, 6) is -0.658. The zero-order chi connectivity index (χ0) is 15.6. The SMILES string of the molecule is COC(=O)c1ncn(Cc2cccc(C(F)(F)F)c2)c1N. The van der Waals surface area contributed by atoms with Gasteiger partial charge in [-0.3, -0.25) is 0 Å². The van der Waals surface area contributed by atoms with Crippen LogP contribution in [0, 0.1) is 0 Å². The monoisotopic (exact) mass is 299 g/mol. The van der Waals surface area contributed by atoms with Crippen molar-refractivity contribution in [1.29, 1.82) is 0 Å². The summed E-state index contributed by atoms with van der Waals surface area (Å²) in [6.07, 6.45) is -3.13. The normalized spacial score (nSPS) is 11.4. The molecule has 21 heavy (non-hydrogen) atoms. The number of nitrogens with two attached hydrogens (primary N) is 1. The van der Waals surface area contributed by atoms with Gasteiger partial charge in [0.05, 0.1) is 25.5 Å². The van der Waals surface area contributed by atoms with Crippen LogP contribution in [0.2, 0.25) is 0 Å². The highest BCUT2D eigenvalue weighted by Crippen LogP contribution is 2.29. The van der Waals surface area contributed by atoms with Gasteiger partial charge in [-0.25, -0.2) is 9.78 Å². The molecular weight excluding hydrogens is 287 g/mol. The zero-order valence-corrected chi connectivity index (χ0v) is 11.0. The molecule has 0 aliphatic heterocycles. The maximum absolute atomic E-state index is 12.6. The number of nitrogens with zero attached hydrogens (tertiary/aromatic N) is 2. The first-order chi connectivity index (χ1) is 9.82. The first kappa shape index (κ1) is 14.9. The molecule has 0 radical (unpaired) electrons. The van der Waals surface area contributed by atoms with E-state index in [-0.39, 0.29) is 18.1 Å². The van der Waals surface area contributed by atoms with E-state index in [2.05, 4.69) is 9.72 Å². The fourth-order valence-corrected chi connectivity index (χ4v) is 1.81. The number of aromatic nitrogens is 2. The highest BCUT2D eigenvalue weighted by Gasteiger charge is 2.30. The highest BCUT2D eigenvalue weighted by molar-refractivity contribution is 5.92. The van der Waals surface area contributed by atoms with Crippen molar-refractivity contribution < 1.29 is 22.7 Å². The molecule has 0 aliphatic rings. The first-order valence-electron chi connectivity index (χ1n) is 5.88. The third-order valence-corrected chi connectivity index (χ3v) is 2.86. The Balaban J connectivity index is 2.27. The van der Waals surface area contributed by atoms with Crippen LogP contribution in [-0.4, -0.2) is 22.6 Å². The van der Waals surface area contributed by atoms with Crippen LogP contribution in [-0.2, 0) is 17.5 Å². The van der Waals surface area contributed by atoms with Gasteiger partial charge in [-0.05, 0) is 17.7 Å². The Morgan fingerprint density at radius 3 is 2.76 bits per heavy atom. The number of rotatable bonds is 3. The number of hydrogen-bond donors (Lipinski definition) is 1. The van der Waals surface area contributed by atoms with Crippen molar-refractivity contribution in [2.24, 2.45) is 0 Å². The van der Waals surface area contributed by atoms with Crippen molar-refractivity contribution in [3.63, 3.8) is 0 Å². The van der Waals surface area contributed by atoms with Gasteiger partial charge in [-0.15, -0.1) is 0 Å². The second-order valence-corrected chi connectivity index (χ2v) is 4.30. The molecule has 0 bridgehead atoms. The molecule has 8 heteroatoms. The number of benzene rings is 1. The summed E-state index contributed by atoms with van der Waals surface area (Å²) in [5, 5.41) is 0. The van der Waals surface area contributed by atoms with Crippen molar-refractivity contribution in [1.82, 2.24) is 9.55 Å². The topological polar surface area (TPSA) is 70.1 Å². The van der Waals surface area contributed by atoms with Gasteiger partial charge in [0.15, 0.2) is 5.69 Å². The number of imidazole rings is 1. The average Bonchev–Trinajstić information content (AvgIpc) is 2.79. The van der Waals surface area contributed by atoms with Gasteiger partial charge < -0.3 is 15.0 Å². The van der Waals surface area contributed by atoms with E-state index >= 15 is 0 Å². The third-order valence-electron chi connectivity index (χ3n) is 2.86. The van der Waals surface area contributed by atoms with Gasteiger partial charge in [0.2, 0.25) is 0 Å². The highest BCUT2D eigenvalue weighted by atomic mass is 19.4. The van der Waals surface area contributed by atoms with Crippen molar-refractivity contribution in [3.8, 4) is 0 Å². The van der Waals surface area contributed by atoms with Crippen LogP contribution < -0.4 is 5.73 Å². The Kier molecular flexibility index (Phi) is 3.88. The lowest BCUT2D eigenvalue weighted by Gasteiger charge is -2.10. The maximum Gasteiger partial charge on any atom is 0.416 e. The van der Waals surface area contributed by atoms with Crippen molar-refractivity contribution >= 4 is 11.8 Å². The smallest absolute Gasteiger partial charge is 0.416 e. The second-order valence-electron chi connectivity index (χ2n) is 4.30. The molecule has 0 atom stereocenters. The molecule has 1 aromatic heterocycles. The van der Waals surface area contributed by atoms with Gasteiger partial charge >= 0.3 is 12.1 Å². The van der Waals surface area contributed by atoms with Crippen LogP contribution in [0.5, 0.6) is 0 Å². The molecular formula is C13H12F3N3O2. The number of anilines is 1.